The molecule has 120 valence electrons. The van der Waals surface area contributed by atoms with E-state index < -0.39 is 0 Å². The Balaban J connectivity index is 1.58. The first-order chi connectivity index (χ1) is 11.2. The summed E-state index contributed by atoms with van der Waals surface area (Å²) in [6, 6.07) is 16.8. The van der Waals surface area contributed by atoms with E-state index in [1.165, 1.54) is 0 Å². The highest BCUT2D eigenvalue weighted by Gasteiger charge is 2.24. The van der Waals surface area contributed by atoms with Crippen LogP contribution in [0.5, 0.6) is 11.5 Å². The van der Waals surface area contributed by atoms with Gasteiger partial charge in [0.15, 0.2) is 0 Å². The second-order valence-corrected chi connectivity index (χ2v) is 5.72. The van der Waals surface area contributed by atoms with E-state index in [1.54, 1.807) is 0 Å². The van der Waals surface area contributed by atoms with Crippen LogP contribution in [0, 0.1) is 0 Å². The number of ether oxygens (including phenoxy) is 1. The fraction of sp³-hybridized carbons (Fsp3) is 0.278. The van der Waals surface area contributed by atoms with Gasteiger partial charge in [-0.05, 0) is 55.8 Å². The highest BCUT2D eigenvalue weighted by molar-refractivity contribution is 5.95. The van der Waals surface area contributed by atoms with Crippen LogP contribution >= 0.6 is 0 Å². The fourth-order valence-corrected chi connectivity index (χ4v) is 2.61. The predicted octanol–water partition coefficient (Wildman–Crippen LogP) is 2.50. The molecule has 0 aliphatic carbocycles. The van der Waals surface area contributed by atoms with Gasteiger partial charge in [0.05, 0.1) is 6.04 Å². The van der Waals surface area contributed by atoms with Crippen LogP contribution < -0.4 is 21.1 Å². The summed E-state index contributed by atoms with van der Waals surface area (Å²) in [6.45, 7) is 0.781. The van der Waals surface area contributed by atoms with Crippen molar-refractivity contribution in [3.05, 3.63) is 54.6 Å². The third kappa shape index (κ3) is 4.31. The van der Waals surface area contributed by atoms with Gasteiger partial charge in [-0.3, -0.25) is 4.79 Å². The number of benzene rings is 2. The number of hydrogen-bond acceptors (Lipinski definition) is 4. The largest absolute Gasteiger partial charge is 0.457 e. The van der Waals surface area contributed by atoms with Crippen molar-refractivity contribution in [3.63, 3.8) is 0 Å². The zero-order chi connectivity index (χ0) is 16.1. The molecule has 1 aliphatic heterocycles. The molecule has 0 aromatic heterocycles. The molecule has 0 radical (unpaired) electrons. The van der Waals surface area contributed by atoms with Crippen molar-refractivity contribution in [2.45, 2.75) is 24.9 Å². The van der Waals surface area contributed by atoms with E-state index in [0.29, 0.717) is 6.42 Å². The summed E-state index contributed by atoms with van der Waals surface area (Å²) < 4.78 is 5.73. The maximum Gasteiger partial charge on any atom is 0.241 e. The Kier molecular flexibility index (Phi) is 4.90. The zero-order valence-corrected chi connectivity index (χ0v) is 12.9. The molecule has 23 heavy (non-hydrogen) atoms. The molecule has 3 rings (SSSR count). The van der Waals surface area contributed by atoms with Crippen LogP contribution in [0.25, 0.3) is 0 Å². The van der Waals surface area contributed by atoms with Crippen molar-refractivity contribution in [1.82, 2.24) is 5.32 Å². The van der Waals surface area contributed by atoms with Crippen molar-refractivity contribution in [2.75, 3.05) is 11.9 Å². The summed E-state index contributed by atoms with van der Waals surface area (Å²) in [5.74, 6) is 1.47. The molecule has 0 bridgehead atoms. The molecule has 1 aliphatic rings. The number of piperidine rings is 1. The maximum atomic E-state index is 12.2. The molecule has 1 amide bonds. The minimum Gasteiger partial charge on any atom is -0.457 e. The summed E-state index contributed by atoms with van der Waals surface area (Å²) >= 11 is 0. The van der Waals surface area contributed by atoms with Crippen LogP contribution in [0.3, 0.4) is 0 Å². The van der Waals surface area contributed by atoms with Crippen LogP contribution in [0.2, 0.25) is 0 Å². The number of anilines is 1. The topological polar surface area (TPSA) is 76.4 Å². The Labute approximate surface area is 135 Å². The van der Waals surface area contributed by atoms with Crippen LogP contribution in [0.4, 0.5) is 5.69 Å². The maximum absolute atomic E-state index is 12.2. The second kappa shape index (κ2) is 7.26. The van der Waals surface area contributed by atoms with Gasteiger partial charge in [-0.15, -0.1) is 0 Å². The van der Waals surface area contributed by atoms with E-state index in [0.717, 1.165) is 30.2 Å². The van der Waals surface area contributed by atoms with Gasteiger partial charge in [-0.25, -0.2) is 0 Å². The number of amides is 1. The van der Waals surface area contributed by atoms with Gasteiger partial charge in [0.1, 0.15) is 11.5 Å². The quantitative estimate of drug-likeness (QED) is 0.811. The number of carbonyl (C=O) groups excluding carboxylic acids is 1. The lowest BCUT2D eigenvalue weighted by molar-refractivity contribution is -0.118. The molecule has 5 nitrogen and oxygen atoms in total. The molecule has 2 aromatic carbocycles. The molecule has 0 saturated carbocycles. The van der Waals surface area contributed by atoms with Crippen LogP contribution in [-0.4, -0.2) is 24.5 Å². The van der Waals surface area contributed by atoms with Gasteiger partial charge in [0, 0.05) is 11.7 Å². The summed E-state index contributed by atoms with van der Waals surface area (Å²) in [7, 11) is 0. The highest BCUT2D eigenvalue weighted by Crippen LogP contribution is 2.22. The Morgan fingerprint density at radius 1 is 1.09 bits per heavy atom. The van der Waals surface area contributed by atoms with E-state index in [-0.39, 0.29) is 18.0 Å². The molecule has 0 spiro atoms. The molecule has 4 N–H and O–H groups in total. The molecule has 1 fully saturated rings. The summed E-state index contributed by atoms with van der Waals surface area (Å²) in [6.07, 6.45) is 1.58. The van der Waals surface area contributed by atoms with Crippen molar-refractivity contribution in [1.29, 1.82) is 0 Å². The molecule has 2 atom stereocenters. The summed E-state index contributed by atoms with van der Waals surface area (Å²) in [4.78, 5) is 12.2. The fourth-order valence-electron chi connectivity index (χ4n) is 2.61. The van der Waals surface area contributed by atoms with E-state index in [2.05, 4.69) is 10.6 Å². The Hall–Kier alpha value is -2.37. The minimum atomic E-state index is -0.223. The lowest BCUT2D eigenvalue weighted by Crippen LogP contribution is -2.49. The van der Waals surface area contributed by atoms with E-state index >= 15 is 0 Å². The van der Waals surface area contributed by atoms with Crippen molar-refractivity contribution >= 4 is 11.6 Å². The third-order valence-corrected chi connectivity index (χ3v) is 3.86. The van der Waals surface area contributed by atoms with Crippen molar-refractivity contribution in [3.8, 4) is 11.5 Å². The van der Waals surface area contributed by atoms with E-state index in [1.807, 2.05) is 54.6 Å². The van der Waals surface area contributed by atoms with Gasteiger partial charge in [-0.1, -0.05) is 18.2 Å². The molecular formula is C18H21N3O2. The Bertz CT molecular complexity index is 643. The molecule has 1 saturated heterocycles. The Morgan fingerprint density at radius 3 is 2.48 bits per heavy atom. The molecule has 1 heterocycles. The lowest BCUT2D eigenvalue weighted by Gasteiger charge is -2.27. The first-order valence-electron chi connectivity index (χ1n) is 7.83. The highest BCUT2D eigenvalue weighted by atomic mass is 16.5. The summed E-state index contributed by atoms with van der Waals surface area (Å²) in [5.41, 5.74) is 6.66. The number of rotatable bonds is 4. The van der Waals surface area contributed by atoms with Gasteiger partial charge < -0.3 is 21.1 Å². The normalized spacial score (nSPS) is 20.7. The van der Waals surface area contributed by atoms with Crippen LogP contribution in [-0.2, 0) is 4.79 Å². The van der Waals surface area contributed by atoms with E-state index in [9.17, 15) is 4.79 Å². The molecule has 0 unspecified atom stereocenters. The number of hydrogen-bond donors (Lipinski definition) is 3. The molecule has 5 heteroatoms. The van der Waals surface area contributed by atoms with Crippen molar-refractivity contribution in [2.24, 2.45) is 5.73 Å². The lowest BCUT2D eigenvalue weighted by atomic mass is 10.00. The summed E-state index contributed by atoms with van der Waals surface area (Å²) in [5, 5.41) is 6.11. The molecule has 2 aromatic rings. The smallest absolute Gasteiger partial charge is 0.241 e. The zero-order valence-electron chi connectivity index (χ0n) is 12.9. The first-order valence-corrected chi connectivity index (χ1v) is 7.83. The SMILES string of the molecule is N[C@@H]1CCN[C@@H](C(=O)Nc2ccc(Oc3ccccc3)cc2)C1. The number of carbonyl (C=O) groups is 1. The molecular weight excluding hydrogens is 290 g/mol. The number of nitrogens with one attached hydrogen (secondary N) is 2. The van der Waals surface area contributed by atoms with E-state index in [4.69, 9.17) is 10.5 Å². The first kappa shape index (κ1) is 15.5. The van der Waals surface area contributed by atoms with Crippen molar-refractivity contribution < 1.29 is 9.53 Å². The van der Waals surface area contributed by atoms with Crippen LogP contribution in [0.15, 0.2) is 54.6 Å². The average molecular weight is 311 g/mol. The number of para-hydroxylation sites is 1. The average Bonchev–Trinajstić information content (AvgIpc) is 2.57. The second-order valence-electron chi connectivity index (χ2n) is 5.72. The predicted molar refractivity (Wildman–Crippen MR) is 90.6 cm³/mol. The minimum absolute atomic E-state index is 0.0446. The van der Waals surface area contributed by atoms with Gasteiger partial charge in [-0.2, -0.15) is 0 Å². The standard InChI is InChI=1S/C18H21N3O2/c19-13-10-11-20-17(12-13)18(22)21-14-6-8-16(9-7-14)23-15-4-2-1-3-5-15/h1-9,13,17,20H,10-12,19H2,(H,21,22)/t13-,17-/m1/s1. The van der Waals surface area contributed by atoms with Gasteiger partial charge in [0.25, 0.3) is 0 Å². The van der Waals surface area contributed by atoms with Crippen LogP contribution in [0.1, 0.15) is 12.8 Å². The third-order valence-electron chi connectivity index (χ3n) is 3.86. The number of nitrogens with two attached hydrogens (primary N) is 1. The van der Waals surface area contributed by atoms with Gasteiger partial charge in [0.2, 0.25) is 5.91 Å². The Morgan fingerprint density at radius 2 is 1.78 bits per heavy atom. The monoisotopic (exact) mass is 311 g/mol. The van der Waals surface area contributed by atoms with Gasteiger partial charge >= 0.3 is 0 Å².